The van der Waals surface area contributed by atoms with Crippen molar-refractivity contribution in [3.05, 3.63) is 0 Å². The first-order chi connectivity index (χ1) is 8.41. The summed E-state index contributed by atoms with van der Waals surface area (Å²) >= 11 is 0. The van der Waals surface area contributed by atoms with Crippen molar-refractivity contribution in [2.45, 2.75) is 26.7 Å². The van der Waals surface area contributed by atoms with Crippen LogP contribution in [0.2, 0.25) is 0 Å². The Bertz CT molecular complexity index is 375. The van der Waals surface area contributed by atoms with E-state index in [1.165, 1.54) is 15.7 Å². The first-order valence-corrected chi connectivity index (χ1v) is 7.77. The van der Waals surface area contributed by atoms with Crippen molar-refractivity contribution >= 4 is 16.1 Å². The van der Waals surface area contributed by atoms with E-state index in [9.17, 15) is 13.2 Å². The molecule has 6 nitrogen and oxygen atoms in total. The number of amides is 1. The van der Waals surface area contributed by atoms with Crippen LogP contribution in [-0.2, 0) is 15.0 Å². The molecule has 18 heavy (non-hydrogen) atoms. The molecule has 0 atom stereocenters. The van der Waals surface area contributed by atoms with E-state index < -0.39 is 10.2 Å². The maximum Gasteiger partial charge on any atom is 0.282 e. The van der Waals surface area contributed by atoms with E-state index in [2.05, 4.69) is 12.2 Å². The zero-order valence-electron chi connectivity index (χ0n) is 11.3. The molecular formula is C11H23N3O3S. The van der Waals surface area contributed by atoms with Gasteiger partial charge in [-0.25, -0.2) is 0 Å². The highest BCUT2D eigenvalue weighted by molar-refractivity contribution is 7.86. The Morgan fingerprint density at radius 2 is 1.94 bits per heavy atom. The Morgan fingerprint density at radius 1 is 1.39 bits per heavy atom. The van der Waals surface area contributed by atoms with Crippen LogP contribution in [0.5, 0.6) is 0 Å². The van der Waals surface area contributed by atoms with Gasteiger partial charge in [0.2, 0.25) is 5.91 Å². The summed E-state index contributed by atoms with van der Waals surface area (Å²) in [5.74, 6) is 0.288. The number of nitrogens with one attached hydrogen (secondary N) is 1. The van der Waals surface area contributed by atoms with Gasteiger partial charge in [0.15, 0.2) is 0 Å². The number of piperidine rings is 1. The van der Waals surface area contributed by atoms with E-state index in [0.29, 0.717) is 25.6 Å². The number of likely N-dealkylation sites (N-methyl/N-ethyl adjacent to an activating group) is 2. The molecule has 1 heterocycles. The monoisotopic (exact) mass is 277 g/mol. The van der Waals surface area contributed by atoms with Crippen LogP contribution in [0.4, 0.5) is 0 Å². The number of nitrogens with zero attached hydrogens (tertiary/aromatic N) is 2. The first kappa shape index (κ1) is 15.4. The third-order valence-electron chi connectivity index (χ3n) is 3.35. The van der Waals surface area contributed by atoms with Gasteiger partial charge in [-0.3, -0.25) is 4.79 Å². The van der Waals surface area contributed by atoms with E-state index >= 15 is 0 Å². The Morgan fingerprint density at radius 3 is 2.39 bits per heavy atom. The minimum atomic E-state index is -3.50. The summed E-state index contributed by atoms with van der Waals surface area (Å²) in [4.78, 5) is 11.3. The van der Waals surface area contributed by atoms with Crippen LogP contribution in [0.3, 0.4) is 0 Å². The van der Waals surface area contributed by atoms with E-state index in [1.54, 1.807) is 6.92 Å². The van der Waals surface area contributed by atoms with Gasteiger partial charge in [-0.15, -0.1) is 0 Å². The van der Waals surface area contributed by atoms with Crippen molar-refractivity contribution in [2.75, 3.05) is 33.2 Å². The second-order valence-electron chi connectivity index (χ2n) is 4.69. The molecule has 1 saturated heterocycles. The van der Waals surface area contributed by atoms with Crippen LogP contribution >= 0.6 is 0 Å². The lowest BCUT2D eigenvalue weighted by Gasteiger charge is -2.33. The minimum Gasteiger partial charge on any atom is -0.358 e. The highest BCUT2D eigenvalue weighted by Crippen LogP contribution is 2.20. The van der Waals surface area contributed by atoms with Gasteiger partial charge in [-0.05, 0) is 18.8 Å². The van der Waals surface area contributed by atoms with E-state index in [1.807, 2.05) is 0 Å². The second kappa shape index (κ2) is 6.49. The van der Waals surface area contributed by atoms with Gasteiger partial charge in [-0.2, -0.15) is 17.0 Å². The second-order valence-corrected chi connectivity index (χ2v) is 6.62. The van der Waals surface area contributed by atoms with E-state index in [0.717, 1.165) is 12.8 Å². The molecule has 1 fully saturated rings. The van der Waals surface area contributed by atoms with Gasteiger partial charge in [-0.1, -0.05) is 13.8 Å². The number of rotatable bonds is 5. The van der Waals surface area contributed by atoms with Crippen molar-refractivity contribution in [1.82, 2.24) is 13.9 Å². The lowest BCUT2D eigenvalue weighted by molar-refractivity contribution is -0.120. The molecule has 0 bridgehead atoms. The van der Waals surface area contributed by atoms with Crippen LogP contribution in [0.15, 0.2) is 0 Å². The molecule has 0 aromatic heterocycles. The van der Waals surface area contributed by atoms with Crippen molar-refractivity contribution in [1.29, 1.82) is 0 Å². The average Bonchev–Trinajstić information content (AvgIpc) is 2.35. The summed E-state index contributed by atoms with van der Waals surface area (Å²) in [7, 11) is -1.99. The third kappa shape index (κ3) is 3.66. The lowest BCUT2D eigenvalue weighted by Crippen LogP contribution is -2.49. The fourth-order valence-electron chi connectivity index (χ4n) is 1.97. The van der Waals surface area contributed by atoms with Crippen LogP contribution in [0.25, 0.3) is 0 Å². The SMILES string of the molecule is CCN(CC(=O)NC)S(=O)(=O)N1CCC(C)CC1. The summed E-state index contributed by atoms with van der Waals surface area (Å²) in [6.07, 6.45) is 1.77. The van der Waals surface area contributed by atoms with Gasteiger partial charge in [0.25, 0.3) is 10.2 Å². The van der Waals surface area contributed by atoms with Crippen molar-refractivity contribution in [2.24, 2.45) is 5.92 Å². The Labute approximate surface area is 110 Å². The van der Waals surface area contributed by atoms with Gasteiger partial charge in [0.05, 0.1) is 6.54 Å². The Balaban J connectivity index is 2.73. The molecule has 0 saturated carbocycles. The number of hydrogen-bond donors (Lipinski definition) is 1. The molecule has 0 radical (unpaired) electrons. The minimum absolute atomic E-state index is 0.110. The summed E-state index contributed by atoms with van der Waals surface area (Å²) in [5.41, 5.74) is 0. The number of carbonyl (C=O) groups is 1. The molecule has 0 aromatic rings. The van der Waals surface area contributed by atoms with Crippen molar-refractivity contribution in [3.63, 3.8) is 0 Å². The van der Waals surface area contributed by atoms with E-state index in [-0.39, 0.29) is 12.5 Å². The Hall–Kier alpha value is -0.660. The van der Waals surface area contributed by atoms with Gasteiger partial charge in [0.1, 0.15) is 0 Å². The third-order valence-corrected chi connectivity index (χ3v) is 5.40. The predicted molar refractivity (Wildman–Crippen MR) is 70.2 cm³/mol. The van der Waals surface area contributed by atoms with Crippen LogP contribution in [0.1, 0.15) is 26.7 Å². The number of hydrogen-bond acceptors (Lipinski definition) is 3. The van der Waals surface area contributed by atoms with E-state index in [4.69, 9.17) is 0 Å². The molecule has 0 aromatic carbocycles. The summed E-state index contributed by atoms with van der Waals surface area (Å²) in [6, 6.07) is 0. The highest BCUT2D eigenvalue weighted by Gasteiger charge is 2.32. The average molecular weight is 277 g/mol. The fourth-order valence-corrected chi connectivity index (χ4v) is 3.58. The van der Waals surface area contributed by atoms with Crippen molar-refractivity contribution in [3.8, 4) is 0 Å². The molecule has 1 aliphatic heterocycles. The molecule has 1 amide bonds. The molecule has 7 heteroatoms. The van der Waals surface area contributed by atoms with Crippen LogP contribution in [-0.4, -0.2) is 56.2 Å². The number of carbonyl (C=O) groups excluding carboxylic acids is 1. The first-order valence-electron chi connectivity index (χ1n) is 6.37. The highest BCUT2D eigenvalue weighted by atomic mass is 32.2. The molecule has 0 aliphatic carbocycles. The zero-order valence-corrected chi connectivity index (χ0v) is 12.2. The van der Waals surface area contributed by atoms with Gasteiger partial charge in [0, 0.05) is 26.7 Å². The van der Waals surface area contributed by atoms with Crippen molar-refractivity contribution < 1.29 is 13.2 Å². The maximum atomic E-state index is 12.3. The zero-order chi connectivity index (χ0) is 13.8. The van der Waals surface area contributed by atoms with Gasteiger partial charge >= 0.3 is 0 Å². The molecule has 1 N–H and O–H groups in total. The standard InChI is InChI=1S/C11H23N3O3S/c1-4-13(9-11(15)12-3)18(16,17)14-7-5-10(2)6-8-14/h10H,4-9H2,1-3H3,(H,12,15). The van der Waals surface area contributed by atoms with Gasteiger partial charge < -0.3 is 5.32 Å². The normalized spacial score (nSPS) is 19.1. The summed E-state index contributed by atoms with van der Waals surface area (Å²) in [5, 5.41) is 2.45. The molecule has 1 aliphatic rings. The molecular weight excluding hydrogens is 254 g/mol. The van der Waals surface area contributed by atoms with Crippen LogP contribution in [0, 0.1) is 5.92 Å². The summed E-state index contributed by atoms with van der Waals surface area (Å²) < 4.78 is 27.4. The van der Waals surface area contributed by atoms with Crippen LogP contribution < -0.4 is 5.32 Å². The lowest BCUT2D eigenvalue weighted by atomic mass is 10.0. The largest absolute Gasteiger partial charge is 0.358 e. The maximum absolute atomic E-state index is 12.3. The fraction of sp³-hybridized carbons (Fsp3) is 0.909. The molecule has 1 rings (SSSR count). The smallest absolute Gasteiger partial charge is 0.282 e. The molecule has 0 unspecified atom stereocenters. The predicted octanol–water partition coefficient (Wildman–Crippen LogP) is 0.0310. The summed E-state index contributed by atoms with van der Waals surface area (Å²) in [6.45, 7) is 5.17. The Kier molecular flexibility index (Phi) is 5.55. The quantitative estimate of drug-likeness (QED) is 0.771. The molecule has 0 spiro atoms. The topological polar surface area (TPSA) is 69.7 Å². The molecule has 106 valence electrons.